The zero-order valence-electron chi connectivity index (χ0n) is 11.1. The van der Waals surface area contributed by atoms with Crippen LogP contribution in [0.1, 0.15) is 26.7 Å². The number of nitrogens with two attached hydrogens (primary N) is 2. The molecule has 0 saturated carbocycles. The highest BCUT2D eigenvalue weighted by atomic mass is 16.2. The maximum absolute atomic E-state index is 12.0. The molecule has 0 bridgehead atoms. The van der Waals surface area contributed by atoms with Crippen molar-refractivity contribution in [1.29, 1.82) is 0 Å². The van der Waals surface area contributed by atoms with E-state index in [0.717, 1.165) is 32.6 Å². The van der Waals surface area contributed by atoms with Crippen molar-refractivity contribution in [3.8, 4) is 0 Å². The van der Waals surface area contributed by atoms with Gasteiger partial charge in [-0.2, -0.15) is 0 Å². The van der Waals surface area contributed by atoms with E-state index in [1.807, 2.05) is 4.90 Å². The van der Waals surface area contributed by atoms with Gasteiger partial charge in [0, 0.05) is 32.2 Å². The van der Waals surface area contributed by atoms with Crippen molar-refractivity contribution >= 4 is 5.91 Å². The van der Waals surface area contributed by atoms with Crippen LogP contribution in [0.3, 0.4) is 0 Å². The molecule has 0 aromatic heterocycles. The molecule has 17 heavy (non-hydrogen) atoms. The van der Waals surface area contributed by atoms with Gasteiger partial charge >= 0.3 is 0 Å². The summed E-state index contributed by atoms with van der Waals surface area (Å²) >= 11 is 0. The van der Waals surface area contributed by atoms with Crippen molar-refractivity contribution in [2.75, 3.05) is 32.7 Å². The Morgan fingerprint density at radius 1 is 1.24 bits per heavy atom. The SMILES string of the molecule is CC(C)N1CCN(C(=O)C(N)CCCN)CC1. The fraction of sp³-hybridized carbons (Fsp3) is 0.917. The Kier molecular flexibility index (Phi) is 5.88. The lowest BCUT2D eigenvalue weighted by molar-refractivity contribution is -0.134. The van der Waals surface area contributed by atoms with Crippen molar-refractivity contribution in [2.24, 2.45) is 11.5 Å². The smallest absolute Gasteiger partial charge is 0.239 e. The van der Waals surface area contributed by atoms with Crippen molar-refractivity contribution in [3.63, 3.8) is 0 Å². The Morgan fingerprint density at radius 2 is 1.82 bits per heavy atom. The molecule has 0 aromatic carbocycles. The maximum Gasteiger partial charge on any atom is 0.239 e. The van der Waals surface area contributed by atoms with E-state index in [4.69, 9.17) is 11.5 Å². The highest BCUT2D eigenvalue weighted by Gasteiger charge is 2.25. The molecule has 5 heteroatoms. The van der Waals surface area contributed by atoms with Gasteiger partial charge in [0.1, 0.15) is 0 Å². The third kappa shape index (κ3) is 4.26. The number of rotatable bonds is 5. The standard InChI is InChI=1S/C12H26N4O/c1-10(2)15-6-8-16(9-7-15)12(17)11(14)4-3-5-13/h10-11H,3-9,13-14H2,1-2H3. The molecule has 0 aromatic rings. The maximum atomic E-state index is 12.0. The minimum atomic E-state index is -0.371. The van der Waals surface area contributed by atoms with Gasteiger partial charge in [-0.1, -0.05) is 0 Å². The highest BCUT2D eigenvalue weighted by molar-refractivity contribution is 5.81. The van der Waals surface area contributed by atoms with Crippen LogP contribution in [0, 0.1) is 0 Å². The lowest BCUT2D eigenvalue weighted by Crippen LogP contribution is -2.54. The second kappa shape index (κ2) is 6.93. The number of carbonyl (C=O) groups excluding carboxylic acids is 1. The predicted molar refractivity (Wildman–Crippen MR) is 69.6 cm³/mol. The second-order valence-corrected chi connectivity index (χ2v) is 4.99. The van der Waals surface area contributed by atoms with Crippen LogP contribution in [-0.4, -0.2) is 60.5 Å². The summed E-state index contributed by atoms with van der Waals surface area (Å²) in [5.74, 6) is 0.0851. The first-order valence-corrected chi connectivity index (χ1v) is 6.54. The van der Waals surface area contributed by atoms with Crippen LogP contribution in [0.25, 0.3) is 0 Å². The van der Waals surface area contributed by atoms with Crippen LogP contribution in [0.2, 0.25) is 0 Å². The van der Waals surface area contributed by atoms with Crippen molar-refractivity contribution in [3.05, 3.63) is 0 Å². The molecule has 0 aliphatic carbocycles. The second-order valence-electron chi connectivity index (χ2n) is 4.99. The van der Waals surface area contributed by atoms with Crippen LogP contribution in [0.5, 0.6) is 0 Å². The molecule has 1 aliphatic heterocycles. The van der Waals surface area contributed by atoms with Crippen molar-refractivity contribution in [1.82, 2.24) is 9.80 Å². The van der Waals surface area contributed by atoms with Gasteiger partial charge in [0.25, 0.3) is 0 Å². The molecule has 1 rings (SSSR count). The van der Waals surface area contributed by atoms with E-state index in [9.17, 15) is 4.79 Å². The quantitative estimate of drug-likeness (QED) is 0.688. The predicted octanol–water partition coefficient (Wildman–Crippen LogP) is -0.395. The van der Waals surface area contributed by atoms with Gasteiger partial charge < -0.3 is 16.4 Å². The summed E-state index contributed by atoms with van der Waals surface area (Å²) in [4.78, 5) is 16.3. The first-order chi connectivity index (χ1) is 8.06. The molecular formula is C12H26N4O. The monoisotopic (exact) mass is 242 g/mol. The fourth-order valence-electron chi connectivity index (χ4n) is 2.15. The molecule has 1 saturated heterocycles. The van der Waals surface area contributed by atoms with Gasteiger partial charge in [0.15, 0.2) is 0 Å². The van der Waals surface area contributed by atoms with Gasteiger partial charge in [-0.25, -0.2) is 0 Å². The molecule has 1 heterocycles. The third-order valence-corrected chi connectivity index (χ3v) is 3.39. The van der Waals surface area contributed by atoms with Gasteiger partial charge in [-0.15, -0.1) is 0 Å². The zero-order valence-corrected chi connectivity index (χ0v) is 11.1. The van der Waals surface area contributed by atoms with Gasteiger partial charge in [-0.05, 0) is 33.2 Å². The summed E-state index contributed by atoms with van der Waals surface area (Å²) in [6.07, 6.45) is 1.51. The van der Waals surface area contributed by atoms with Crippen LogP contribution in [0.4, 0.5) is 0 Å². The fourth-order valence-corrected chi connectivity index (χ4v) is 2.15. The molecule has 5 nitrogen and oxygen atoms in total. The Bertz CT molecular complexity index is 237. The number of hydrogen-bond donors (Lipinski definition) is 2. The van der Waals surface area contributed by atoms with E-state index >= 15 is 0 Å². The first-order valence-electron chi connectivity index (χ1n) is 6.54. The van der Waals surface area contributed by atoms with Gasteiger partial charge in [0.2, 0.25) is 5.91 Å². The Morgan fingerprint density at radius 3 is 2.29 bits per heavy atom. The number of amides is 1. The molecule has 0 spiro atoms. The average molecular weight is 242 g/mol. The molecule has 100 valence electrons. The lowest BCUT2D eigenvalue weighted by Gasteiger charge is -2.37. The summed E-state index contributed by atoms with van der Waals surface area (Å²) in [6.45, 7) is 8.47. The molecule has 1 fully saturated rings. The van der Waals surface area contributed by atoms with Crippen LogP contribution in [0.15, 0.2) is 0 Å². The van der Waals surface area contributed by atoms with Crippen molar-refractivity contribution < 1.29 is 4.79 Å². The highest BCUT2D eigenvalue weighted by Crippen LogP contribution is 2.08. The van der Waals surface area contributed by atoms with E-state index in [-0.39, 0.29) is 11.9 Å². The number of nitrogens with zero attached hydrogens (tertiary/aromatic N) is 2. The minimum absolute atomic E-state index is 0.0851. The van der Waals surface area contributed by atoms with E-state index in [0.29, 0.717) is 19.0 Å². The van der Waals surface area contributed by atoms with E-state index < -0.39 is 0 Å². The summed E-state index contributed by atoms with van der Waals surface area (Å²) in [6, 6.07) is 0.183. The Labute approximate surface area is 104 Å². The Hall–Kier alpha value is -0.650. The van der Waals surface area contributed by atoms with Gasteiger partial charge in [0.05, 0.1) is 6.04 Å². The van der Waals surface area contributed by atoms with Gasteiger partial charge in [-0.3, -0.25) is 9.69 Å². The first kappa shape index (κ1) is 14.4. The van der Waals surface area contributed by atoms with Crippen LogP contribution in [-0.2, 0) is 4.79 Å². The molecule has 1 amide bonds. The molecule has 0 radical (unpaired) electrons. The zero-order chi connectivity index (χ0) is 12.8. The van der Waals surface area contributed by atoms with E-state index in [1.54, 1.807) is 0 Å². The van der Waals surface area contributed by atoms with E-state index in [1.165, 1.54) is 0 Å². The minimum Gasteiger partial charge on any atom is -0.339 e. The third-order valence-electron chi connectivity index (χ3n) is 3.39. The van der Waals surface area contributed by atoms with Crippen LogP contribution < -0.4 is 11.5 Å². The average Bonchev–Trinajstić information content (AvgIpc) is 2.35. The molecular weight excluding hydrogens is 216 g/mol. The van der Waals surface area contributed by atoms with Crippen LogP contribution >= 0.6 is 0 Å². The molecule has 1 unspecified atom stereocenters. The van der Waals surface area contributed by atoms with Crippen molar-refractivity contribution in [2.45, 2.75) is 38.8 Å². The summed E-state index contributed by atoms with van der Waals surface area (Å²) < 4.78 is 0. The topological polar surface area (TPSA) is 75.6 Å². The van der Waals surface area contributed by atoms with E-state index in [2.05, 4.69) is 18.7 Å². The largest absolute Gasteiger partial charge is 0.339 e. The Balaban J connectivity index is 2.35. The molecule has 4 N–H and O–H groups in total. The lowest BCUT2D eigenvalue weighted by atomic mass is 10.1. The number of carbonyl (C=O) groups is 1. The summed E-state index contributed by atoms with van der Waals surface area (Å²) in [7, 11) is 0. The summed E-state index contributed by atoms with van der Waals surface area (Å²) in [5.41, 5.74) is 11.3. The summed E-state index contributed by atoms with van der Waals surface area (Å²) in [5, 5.41) is 0. The number of hydrogen-bond acceptors (Lipinski definition) is 4. The molecule has 1 aliphatic rings. The normalized spacial score (nSPS) is 19.7. The molecule has 1 atom stereocenters. The number of piperazine rings is 1.